The van der Waals surface area contributed by atoms with Crippen LogP contribution in [0.4, 0.5) is 0 Å². The summed E-state index contributed by atoms with van der Waals surface area (Å²) >= 11 is 1.67. The van der Waals surface area contributed by atoms with Gasteiger partial charge in [0.05, 0.1) is 0 Å². The lowest BCUT2D eigenvalue weighted by atomic mass is 9.99. The molecule has 3 aromatic rings. The van der Waals surface area contributed by atoms with Gasteiger partial charge in [-0.05, 0) is 63.4 Å². The standard InChI is InChI=1S/C31H38N2O2S/c1-23-15-17-27(18-16-23)36-20-19-29(34)33(22-26-14-10-9-11-24(26)2)28(30(35)32-31(3,4)5)21-25-12-7-6-8-13-25/h6-18,28H,19-22H2,1-5H3,(H,32,35). The smallest absolute Gasteiger partial charge is 0.243 e. The van der Waals surface area contributed by atoms with Crippen molar-refractivity contribution in [2.75, 3.05) is 5.75 Å². The number of nitrogens with zero attached hydrogens (tertiary/aromatic N) is 1. The average Bonchev–Trinajstić information content (AvgIpc) is 2.83. The van der Waals surface area contributed by atoms with Crippen LogP contribution in [0.25, 0.3) is 0 Å². The molecule has 0 aromatic heterocycles. The second-order valence-electron chi connectivity index (χ2n) is 10.3. The van der Waals surface area contributed by atoms with E-state index in [0.717, 1.165) is 21.6 Å². The van der Waals surface area contributed by atoms with Crippen LogP contribution in [0.2, 0.25) is 0 Å². The van der Waals surface area contributed by atoms with Gasteiger partial charge in [-0.1, -0.05) is 72.3 Å². The largest absolute Gasteiger partial charge is 0.350 e. The molecule has 3 aromatic carbocycles. The quantitative estimate of drug-likeness (QED) is 0.329. The summed E-state index contributed by atoms with van der Waals surface area (Å²) in [5.41, 5.74) is 4.01. The Morgan fingerprint density at radius 2 is 1.53 bits per heavy atom. The van der Waals surface area contributed by atoms with Crippen LogP contribution in [0, 0.1) is 13.8 Å². The highest BCUT2D eigenvalue weighted by Crippen LogP contribution is 2.22. The zero-order valence-electron chi connectivity index (χ0n) is 22.1. The number of aryl methyl sites for hydroxylation is 2. The fraction of sp³-hybridized carbons (Fsp3) is 0.355. The maximum atomic E-state index is 13.7. The number of hydrogen-bond acceptors (Lipinski definition) is 3. The van der Waals surface area contributed by atoms with Crippen LogP contribution in [0.5, 0.6) is 0 Å². The van der Waals surface area contributed by atoms with Crippen LogP contribution >= 0.6 is 11.8 Å². The number of hydrogen-bond donors (Lipinski definition) is 1. The molecule has 36 heavy (non-hydrogen) atoms. The molecule has 0 spiro atoms. The van der Waals surface area contributed by atoms with Crippen LogP contribution in [0.3, 0.4) is 0 Å². The van der Waals surface area contributed by atoms with E-state index in [0.29, 0.717) is 25.1 Å². The molecule has 0 aliphatic heterocycles. The Hall–Kier alpha value is -3.05. The van der Waals surface area contributed by atoms with Crippen molar-refractivity contribution in [2.45, 2.75) is 70.5 Å². The third kappa shape index (κ3) is 8.56. The SMILES string of the molecule is Cc1ccc(SCCC(=O)N(Cc2ccccc2C)C(Cc2ccccc2)C(=O)NC(C)(C)C)cc1. The van der Waals surface area contributed by atoms with Crippen molar-refractivity contribution < 1.29 is 9.59 Å². The van der Waals surface area contributed by atoms with E-state index in [4.69, 9.17) is 0 Å². The first-order valence-corrected chi connectivity index (χ1v) is 13.5. The van der Waals surface area contributed by atoms with Gasteiger partial charge in [0.25, 0.3) is 0 Å². The Morgan fingerprint density at radius 1 is 0.889 bits per heavy atom. The maximum absolute atomic E-state index is 13.7. The molecule has 2 amide bonds. The van der Waals surface area contributed by atoms with Gasteiger partial charge in [-0.15, -0.1) is 11.8 Å². The normalized spacial score (nSPS) is 12.1. The van der Waals surface area contributed by atoms with Crippen molar-refractivity contribution in [2.24, 2.45) is 0 Å². The van der Waals surface area contributed by atoms with Crippen molar-refractivity contribution in [3.8, 4) is 0 Å². The molecule has 0 saturated carbocycles. The Kier molecular flexibility index (Phi) is 9.77. The number of thioether (sulfide) groups is 1. The van der Waals surface area contributed by atoms with Gasteiger partial charge in [0.1, 0.15) is 6.04 Å². The Balaban J connectivity index is 1.87. The van der Waals surface area contributed by atoms with Gasteiger partial charge < -0.3 is 10.2 Å². The van der Waals surface area contributed by atoms with E-state index in [9.17, 15) is 9.59 Å². The summed E-state index contributed by atoms with van der Waals surface area (Å²) in [5.74, 6) is 0.521. The zero-order chi connectivity index (χ0) is 26.1. The fourth-order valence-electron chi connectivity index (χ4n) is 4.01. The third-order valence-corrected chi connectivity index (χ3v) is 6.99. The maximum Gasteiger partial charge on any atom is 0.243 e. The molecule has 190 valence electrons. The number of benzene rings is 3. The number of nitrogens with one attached hydrogen (secondary N) is 1. The summed E-state index contributed by atoms with van der Waals surface area (Å²) in [7, 11) is 0. The second kappa shape index (κ2) is 12.8. The van der Waals surface area contributed by atoms with Gasteiger partial charge in [-0.2, -0.15) is 0 Å². The van der Waals surface area contributed by atoms with E-state index in [1.165, 1.54) is 5.56 Å². The minimum Gasteiger partial charge on any atom is -0.350 e. The molecule has 0 aliphatic rings. The Morgan fingerprint density at radius 3 is 2.17 bits per heavy atom. The number of rotatable bonds is 10. The number of carbonyl (C=O) groups excluding carboxylic acids is 2. The fourth-order valence-corrected chi connectivity index (χ4v) is 4.85. The van der Waals surface area contributed by atoms with Crippen LogP contribution in [-0.4, -0.2) is 34.0 Å². The molecule has 1 N–H and O–H groups in total. The van der Waals surface area contributed by atoms with Gasteiger partial charge in [0, 0.05) is 35.6 Å². The van der Waals surface area contributed by atoms with E-state index in [2.05, 4.69) is 36.5 Å². The summed E-state index contributed by atoms with van der Waals surface area (Å²) < 4.78 is 0. The highest BCUT2D eigenvalue weighted by molar-refractivity contribution is 7.99. The lowest BCUT2D eigenvalue weighted by molar-refractivity contribution is -0.141. The first-order valence-electron chi connectivity index (χ1n) is 12.5. The Labute approximate surface area is 220 Å². The first kappa shape index (κ1) is 27.5. The predicted octanol–water partition coefficient (Wildman–Crippen LogP) is 6.34. The molecule has 0 heterocycles. The number of carbonyl (C=O) groups is 2. The van der Waals surface area contributed by atoms with Crippen LogP contribution in [-0.2, 0) is 22.6 Å². The van der Waals surface area contributed by atoms with Crippen molar-refractivity contribution in [1.29, 1.82) is 0 Å². The summed E-state index contributed by atoms with van der Waals surface area (Å²) in [6.07, 6.45) is 0.823. The second-order valence-corrected chi connectivity index (χ2v) is 11.5. The summed E-state index contributed by atoms with van der Waals surface area (Å²) in [6.45, 7) is 10.4. The summed E-state index contributed by atoms with van der Waals surface area (Å²) in [5, 5.41) is 3.12. The zero-order valence-corrected chi connectivity index (χ0v) is 22.9. The Bertz CT molecular complexity index is 1140. The molecule has 0 radical (unpaired) electrons. The van der Waals surface area contributed by atoms with Gasteiger partial charge in [-0.3, -0.25) is 9.59 Å². The van der Waals surface area contributed by atoms with E-state index < -0.39 is 11.6 Å². The molecular formula is C31H38N2O2S. The van der Waals surface area contributed by atoms with Crippen molar-refractivity contribution >= 4 is 23.6 Å². The minimum absolute atomic E-state index is 0.0112. The minimum atomic E-state index is -0.608. The average molecular weight is 503 g/mol. The van der Waals surface area contributed by atoms with Crippen LogP contribution < -0.4 is 5.32 Å². The summed E-state index contributed by atoms with van der Waals surface area (Å²) in [6, 6.07) is 25.7. The third-order valence-electron chi connectivity index (χ3n) is 5.98. The van der Waals surface area contributed by atoms with Gasteiger partial charge in [0.15, 0.2) is 0 Å². The topological polar surface area (TPSA) is 49.4 Å². The van der Waals surface area contributed by atoms with E-state index in [1.807, 2.05) is 82.3 Å². The highest BCUT2D eigenvalue weighted by Gasteiger charge is 2.32. The number of amides is 2. The molecule has 0 fully saturated rings. The van der Waals surface area contributed by atoms with Gasteiger partial charge in [-0.25, -0.2) is 0 Å². The van der Waals surface area contributed by atoms with Crippen molar-refractivity contribution in [3.63, 3.8) is 0 Å². The van der Waals surface area contributed by atoms with Crippen molar-refractivity contribution in [3.05, 3.63) is 101 Å². The first-order chi connectivity index (χ1) is 17.1. The van der Waals surface area contributed by atoms with E-state index in [1.54, 1.807) is 16.7 Å². The molecular weight excluding hydrogens is 464 g/mol. The van der Waals surface area contributed by atoms with Crippen molar-refractivity contribution in [1.82, 2.24) is 10.2 Å². The molecule has 4 nitrogen and oxygen atoms in total. The van der Waals surface area contributed by atoms with Gasteiger partial charge in [0.2, 0.25) is 11.8 Å². The molecule has 3 rings (SSSR count). The molecule has 1 unspecified atom stereocenters. The molecule has 0 bridgehead atoms. The van der Waals surface area contributed by atoms with Gasteiger partial charge >= 0.3 is 0 Å². The molecule has 0 aliphatic carbocycles. The lowest BCUT2D eigenvalue weighted by Gasteiger charge is -2.34. The van der Waals surface area contributed by atoms with E-state index in [-0.39, 0.29) is 11.8 Å². The van der Waals surface area contributed by atoms with Crippen LogP contribution in [0.15, 0.2) is 83.8 Å². The highest BCUT2D eigenvalue weighted by atomic mass is 32.2. The molecule has 5 heteroatoms. The summed E-state index contributed by atoms with van der Waals surface area (Å²) in [4.78, 5) is 30.3. The lowest BCUT2D eigenvalue weighted by Crippen LogP contribution is -2.54. The predicted molar refractivity (Wildman–Crippen MR) is 150 cm³/mol. The molecule has 0 saturated heterocycles. The molecule has 1 atom stereocenters. The van der Waals surface area contributed by atoms with E-state index >= 15 is 0 Å². The monoisotopic (exact) mass is 502 g/mol. The van der Waals surface area contributed by atoms with Crippen LogP contribution in [0.1, 0.15) is 49.4 Å².